The van der Waals surface area contributed by atoms with Crippen molar-refractivity contribution >= 4 is 98.7 Å². The van der Waals surface area contributed by atoms with Gasteiger partial charge in [0.2, 0.25) is 0 Å². The summed E-state index contributed by atoms with van der Waals surface area (Å²) in [6, 6.07) is 38.1. The van der Waals surface area contributed by atoms with Gasteiger partial charge in [0.15, 0.2) is 0 Å². The van der Waals surface area contributed by atoms with Crippen LogP contribution in [0.5, 0.6) is 0 Å². The van der Waals surface area contributed by atoms with Crippen LogP contribution in [0.4, 0.5) is 34.1 Å². The van der Waals surface area contributed by atoms with E-state index < -0.39 is 0 Å². The summed E-state index contributed by atoms with van der Waals surface area (Å²) in [5.41, 5.74) is 17.2. The van der Waals surface area contributed by atoms with Gasteiger partial charge in [-0.15, -0.1) is 22.7 Å². The van der Waals surface area contributed by atoms with Crippen LogP contribution in [0.15, 0.2) is 97.1 Å². The molecule has 2 nitrogen and oxygen atoms in total. The number of para-hydroxylation sites is 1. The van der Waals surface area contributed by atoms with Crippen LogP contribution in [0.25, 0.3) is 20.2 Å². The number of fused-ring (bicyclic) bond motifs is 10. The summed E-state index contributed by atoms with van der Waals surface area (Å²) in [5, 5.41) is 2.79. The number of rotatable bonds is 2. The van der Waals surface area contributed by atoms with Gasteiger partial charge in [-0.2, -0.15) is 0 Å². The summed E-state index contributed by atoms with van der Waals surface area (Å²) < 4.78 is 5.76. The van der Waals surface area contributed by atoms with Crippen LogP contribution in [-0.2, 0) is 27.1 Å². The van der Waals surface area contributed by atoms with Crippen molar-refractivity contribution in [3.63, 3.8) is 0 Å². The number of hydrogen-bond donors (Lipinski definition) is 0. The highest BCUT2D eigenvalue weighted by atomic mass is 32.1. The summed E-state index contributed by atoms with van der Waals surface area (Å²) in [5.74, 6) is 0. The van der Waals surface area contributed by atoms with Crippen LogP contribution >= 0.6 is 22.7 Å². The largest absolute Gasteiger partial charge is 0.310 e. The van der Waals surface area contributed by atoms with Gasteiger partial charge >= 0.3 is 0 Å². The SMILES string of the molecule is CC(C)(C)c1ccc(N2c3cccc4c3B(c3sc5cc6c(cc5c3N4c3ccccc3)C(C)(C)CC6(C)C)c3sc4cc5c(cc4c32)C(C)(C)CC5(C)C)cc1. The second kappa shape index (κ2) is 11.2. The molecule has 0 unspecified atom stereocenters. The monoisotopic (exact) mass is 780 g/mol. The zero-order valence-corrected chi connectivity index (χ0v) is 37.1. The zero-order chi connectivity index (χ0) is 39.8. The van der Waals surface area contributed by atoms with E-state index in [1.807, 2.05) is 22.7 Å². The van der Waals surface area contributed by atoms with Crippen LogP contribution in [0, 0.1) is 0 Å². The quantitative estimate of drug-likeness (QED) is 0.161. The lowest BCUT2D eigenvalue weighted by Crippen LogP contribution is -2.59. The van der Waals surface area contributed by atoms with Gasteiger partial charge in [-0.1, -0.05) is 113 Å². The Labute approximate surface area is 347 Å². The summed E-state index contributed by atoms with van der Waals surface area (Å²) >= 11 is 4.10. The van der Waals surface area contributed by atoms with E-state index in [0.717, 1.165) is 0 Å². The predicted molar refractivity (Wildman–Crippen MR) is 251 cm³/mol. The first-order chi connectivity index (χ1) is 26.9. The molecule has 11 rings (SSSR count). The molecule has 5 aromatic carbocycles. The molecule has 0 amide bonds. The smallest absolute Gasteiger partial charge is 0.277 e. The molecule has 0 saturated carbocycles. The fraction of sp³-hybridized carbons (Fsp3) is 0.346. The number of thiophene rings is 2. The van der Waals surface area contributed by atoms with Crippen LogP contribution < -0.4 is 24.8 Å². The first kappa shape index (κ1) is 35.8. The van der Waals surface area contributed by atoms with Crippen molar-refractivity contribution in [1.82, 2.24) is 0 Å². The Bertz CT molecular complexity index is 2840. The van der Waals surface area contributed by atoms with Crippen LogP contribution in [0.1, 0.15) is 117 Å². The second-order valence-corrected chi connectivity index (χ2v) is 23.4. The third-order valence-electron chi connectivity index (χ3n) is 14.1. The summed E-state index contributed by atoms with van der Waals surface area (Å²) in [6.45, 7) is 26.7. The van der Waals surface area contributed by atoms with Gasteiger partial charge in [0.25, 0.3) is 6.71 Å². The normalized spacial score (nSPS) is 19.1. The van der Waals surface area contributed by atoms with Crippen LogP contribution in [0.2, 0.25) is 0 Å². The minimum Gasteiger partial charge on any atom is -0.310 e. The summed E-state index contributed by atoms with van der Waals surface area (Å²) in [6.07, 6.45) is 2.33. The molecule has 0 spiro atoms. The Balaban J connectivity index is 1.25. The molecule has 2 aliphatic heterocycles. The molecular weight excluding hydrogens is 728 g/mol. The van der Waals surface area contributed by atoms with E-state index >= 15 is 0 Å². The molecule has 2 aliphatic carbocycles. The maximum absolute atomic E-state index is 2.64. The van der Waals surface area contributed by atoms with Crippen LogP contribution in [0.3, 0.4) is 0 Å². The standard InChI is InChI=1S/C52H53BN2S2/c1-48(2,3)30-20-22-32(23-21-30)55-40-19-15-18-39-43(40)53(47-45(55)34-25-36-38(27-42(34)57-47)52(10,11)29-50(36,6)7)46-44(54(39)31-16-13-12-14-17-31)33-24-35-37(26-41(33)56-46)51(8,9)28-49(35,4)5/h12-27H,28-29H2,1-11H3. The molecule has 0 saturated heterocycles. The molecule has 57 heavy (non-hydrogen) atoms. The van der Waals surface area contributed by atoms with Crippen molar-refractivity contribution in [1.29, 1.82) is 0 Å². The Morgan fingerprint density at radius 1 is 0.509 bits per heavy atom. The highest BCUT2D eigenvalue weighted by Crippen LogP contribution is 2.56. The first-order valence-corrected chi connectivity index (χ1v) is 22.6. The molecule has 0 atom stereocenters. The average molecular weight is 781 g/mol. The molecular formula is C52H53BN2S2. The summed E-state index contributed by atoms with van der Waals surface area (Å²) in [7, 11) is 0. The second-order valence-electron chi connectivity index (χ2n) is 21.3. The fourth-order valence-electron chi connectivity index (χ4n) is 12.1. The maximum Gasteiger partial charge on any atom is 0.277 e. The molecule has 2 aromatic heterocycles. The lowest BCUT2D eigenvalue weighted by atomic mass is 9.39. The summed E-state index contributed by atoms with van der Waals surface area (Å²) in [4.78, 5) is 5.25. The lowest BCUT2D eigenvalue weighted by molar-refractivity contribution is 0.403. The Morgan fingerprint density at radius 3 is 1.37 bits per heavy atom. The predicted octanol–water partition coefficient (Wildman–Crippen LogP) is 13.4. The zero-order valence-electron chi connectivity index (χ0n) is 35.4. The van der Waals surface area contributed by atoms with Crippen molar-refractivity contribution in [3.8, 4) is 0 Å². The van der Waals surface area contributed by atoms with E-state index in [-0.39, 0.29) is 33.8 Å². The molecule has 0 bridgehead atoms. The Kier molecular flexibility index (Phi) is 7.06. The van der Waals surface area contributed by atoms with E-state index in [4.69, 9.17) is 0 Å². The molecule has 4 aliphatic rings. The van der Waals surface area contributed by atoms with Gasteiger partial charge < -0.3 is 9.80 Å². The molecule has 286 valence electrons. The highest BCUT2D eigenvalue weighted by molar-refractivity contribution is 7.40. The number of nitrogens with zero attached hydrogens (tertiary/aromatic N) is 2. The molecule has 7 aromatic rings. The third kappa shape index (κ3) is 4.88. The molecule has 0 radical (unpaired) electrons. The van der Waals surface area contributed by atoms with Crippen molar-refractivity contribution < 1.29 is 0 Å². The molecule has 5 heteroatoms. The van der Waals surface area contributed by atoms with E-state index in [1.54, 1.807) is 0 Å². The molecule has 0 fully saturated rings. The van der Waals surface area contributed by atoms with Crippen molar-refractivity contribution in [2.45, 2.75) is 116 Å². The van der Waals surface area contributed by atoms with Crippen molar-refractivity contribution in [3.05, 3.63) is 125 Å². The van der Waals surface area contributed by atoms with Gasteiger partial charge in [0.1, 0.15) is 0 Å². The number of benzene rings is 5. The van der Waals surface area contributed by atoms with Gasteiger partial charge in [0, 0.05) is 52.5 Å². The van der Waals surface area contributed by atoms with Gasteiger partial charge in [-0.05, 0) is 134 Å². The van der Waals surface area contributed by atoms with Gasteiger partial charge in [-0.3, -0.25) is 0 Å². The Morgan fingerprint density at radius 2 is 0.930 bits per heavy atom. The van der Waals surface area contributed by atoms with Crippen LogP contribution in [-0.4, -0.2) is 6.71 Å². The van der Waals surface area contributed by atoms with E-state index in [9.17, 15) is 0 Å². The third-order valence-corrected chi connectivity index (χ3v) is 16.6. The minimum absolute atomic E-state index is 0.0784. The number of anilines is 6. The first-order valence-electron chi connectivity index (χ1n) is 21.0. The average Bonchev–Trinajstić information content (AvgIpc) is 3.81. The molecule has 4 heterocycles. The lowest BCUT2D eigenvalue weighted by Gasteiger charge is -2.42. The van der Waals surface area contributed by atoms with Crippen molar-refractivity contribution in [2.75, 3.05) is 9.80 Å². The highest BCUT2D eigenvalue weighted by Gasteiger charge is 2.49. The molecule has 0 N–H and O–H groups in total. The number of hydrogen-bond acceptors (Lipinski definition) is 4. The van der Waals surface area contributed by atoms with Gasteiger partial charge in [-0.25, -0.2) is 0 Å². The van der Waals surface area contributed by atoms with E-state index in [2.05, 4.69) is 183 Å². The minimum atomic E-state index is 0.0784. The fourth-order valence-corrected chi connectivity index (χ4v) is 14.8. The topological polar surface area (TPSA) is 6.48 Å². The Hall–Kier alpha value is -4.32. The van der Waals surface area contributed by atoms with E-state index in [0.29, 0.717) is 0 Å². The van der Waals surface area contributed by atoms with E-state index in [1.165, 1.54) is 110 Å². The van der Waals surface area contributed by atoms with Gasteiger partial charge in [0.05, 0.1) is 11.4 Å². The maximum atomic E-state index is 2.64. The van der Waals surface area contributed by atoms with Crippen molar-refractivity contribution in [2.24, 2.45) is 0 Å².